The maximum absolute atomic E-state index is 13.4. The summed E-state index contributed by atoms with van der Waals surface area (Å²) >= 11 is 0. The summed E-state index contributed by atoms with van der Waals surface area (Å²) < 4.78 is 34.3. The summed E-state index contributed by atoms with van der Waals surface area (Å²) in [5, 5.41) is 2.80. The quantitative estimate of drug-likeness (QED) is 0.441. The molecule has 0 aromatic rings. The van der Waals surface area contributed by atoms with Crippen molar-refractivity contribution in [2.24, 2.45) is 11.7 Å². The number of nitrogens with two attached hydrogens (primary N) is 1. The Morgan fingerprint density at radius 2 is 1.76 bits per heavy atom. The molecule has 13 heteroatoms. The summed E-state index contributed by atoms with van der Waals surface area (Å²) in [6.45, 7) is 0.999. The fourth-order valence-corrected chi connectivity index (χ4v) is 6.84. The molecule has 12 nitrogen and oxygen atoms in total. The Morgan fingerprint density at radius 1 is 1.03 bits per heavy atom. The molecule has 3 fully saturated rings. The molecule has 0 aromatic heterocycles. The van der Waals surface area contributed by atoms with Crippen LogP contribution in [0.4, 0.5) is 4.79 Å². The SMILES string of the molecule is NC(=O)OC1CCCCC/C=C/C2CC2(C(=O)NS(=O)(=O)N2CCCCC2)NC(=O)C2CCCN2C1=O. The lowest BCUT2D eigenvalue weighted by molar-refractivity contribution is -0.146. The number of primary amides is 1. The zero-order valence-electron chi connectivity index (χ0n) is 21.0. The number of carbonyl (C=O) groups is 4. The first kappa shape index (κ1) is 27.4. The molecule has 37 heavy (non-hydrogen) atoms. The molecule has 0 radical (unpaired) electrons. The van der Waals surface area contributed by atoms with E-state index in [2.05, 4.69) is 10.0 Å². The molecular formula is C24H37N5O7S. The van der Waals surface area contributed by atoms with Crippen molar-refractivity contribution >= 4 is 34.0 Å². The van der Waals surface area contributed by atoms with E-state index in [0.717, 1.165) is 38.5 Å². The number of nitrogens with one attached hydrogen (secondary N) is 2. The highest BCUT2D eigenvalue weighted by atomic mass is 32.2. The summed E-state index contributed by atoms with van der Waals surface area (Å²) in [5.41, 5.74) is 3.79. The Balaban J connectivity index is 1.55. The standard InChI is InChI=1S/C24H37N5O7S/c25-23(33)36-19-12-6-3-1-2-5-10-17-16-24(17,26-20(30)18-11-9-15-29(18)21(19)31)22(32)27-37(34,35)28-13-7-4-8-14-28/h5,10,17-19H,1-4,6-9,11-16H2,(H2,25,33)(H,26,30)(H,27,32)/b10-5+. The Bertz CT molecular complexity index is 1040. The van der Waals surface area contributed by atoms with Crippen LogP contribution in [0.1, 0.15) is 70.6 Å². The van der Waals surface area contributed by atoms with Crippen LogP contribution in [-0.2, 0) is 29.3 Å². The van der Waals surface area contributed by atoms with E-state index in [1.165, 1.54) is 9.21 Å². The lowest BCUT2D eigenvalue weighted by atomic mass is 10.1. The molecule has 1 aliphatic carbocycles. The van der Waals surface area contributed by atoms with Gasteiger partial charge in [0.1, 0.15) is 11.6 Å². The van der Waals surface area contributed by atoms with Crippen LogP contribution in [0.5, 0.6) is 0 Å². The second-order valence-corrected chi connectivity index (χ2v) is 12.0. The number of carbonyl (C=O) groups excluding carboxylic acids is 4. The van der Waals surface area contributed by atoms with E-state index in [4.69, 9.17) is 10.5 Å². The molecule has 0 spiro atoms. The third-order valence-electron chi connectivity index (χ3n) is 7.72. The number of allylic oxidation sites excluding steroid dienone is 1. The number of hydrogen-bond acceptors (Lipinski definition) is 7. The highest BCUT2D eigenvalue weighted by Gasteiger charge is 2.61. The molecule has 4 unspecified atom stereocenters. The van der Waals surface area contributed by atoms with Gasteiger partial charge in [-0.1, -0.05) is 25.0 Å². The van der Waals surface area contributed by atoms with Crippen LogP contribution >= 0.6 is 0 Å². The molecule has 2 saturated heterocycles. The number of nitrogens with zero attached hydrogens (tertiary/aromatic N) is 2. The molecule has 0 bridgehead atoms. The third-order valence-corrected chi connectivity index (χ3v) is 9.21. The van der Waals surface area contributed by atoms with Gasteiger partial charge >= 0.3 is 16.3 Å². The van der Waals surface area contributed by atoms with Crippen LogP contribution in [-0.4, -0.2) is 78.8 Å². The van der Waals surface area contributed by atoms with Crippen molar-refractivity contribution in [1.29, 1.82) is 0 Å². The number of rotatable bonds is 4. The fourth-order valence-electron chi connectivity index (χ4n) is 5.55. The minimum atomic E-state index is -4.04. The van der Waals surface area contributed by atoms with Gasteiger partial charge in [-0.3, -0.25) is 14.4 Å². The predicted molar refractivity (Wildman–Crippen MR) is 133 cm³/mol. The number of piperidine rings is 1. The number of ether oxygens (including phenoxy) is 1. The van der Waals surface area contributed by atoms with E-state index in [0.29, 0.717) is 45.3 Å². The fraction of sp³-hybridized carbons (Fsp3) is 0.750. The summed E-state index contributed by atoms with van der Waals surface area (Å²) in [5.74, 6) is -2.13. The summed E-state index contributed by atoms with van der Waals surface area (Å²) in [4.78, 5) is 52.9. The van der Waals surface area contributed by atoms with Gasteiger partial charge in [0.05, 0.1) is 0 Å². The molecule has 4 amide bonds. The van der Waals surface area contributed by atoms with Crippen molar-refractivity contribution in [2.45, 2.75) is 88.3 Å². The molecule has 4 N–H and O–H groups in total. The van der Waals surface area contributed by atoms with Gasteiger partial charge < -0.3 is 20.7 Å². The zero-order chi connectivity index (χ0) is 26.6. The topological polar surface area (TPSA) is 168 Å². The summed E-state index contributed by atoms with van der Waals surface area (Å²) in [7, 11) is -4.04. The molecule has 206 valence electrons. The highest BCUT2D eigenvalue weighted by molar-refractivity contribution is 7.87. The van der Waals surface area contributed by atoms with E-state index in [1.54, 1.807) is 0 Å². The number of amides is 4. The zero-order valence-corrected chi connectivity index (χ0v) is 21.8. The van der Waals surface area contributed by atoms with Gasteiger partial charge in [0.25, 0.3) is 11.8 Å². The molecule has 0 aromatic carbocycles. The van der Waals surface area contributed by atoms with Crippen LogP contribution < -0.4 is 15.8 Å². The van der Waals surface area contributed by atoms with Crippen molar-refractivity contribution in [3.63, 3.8) is 0 Å². The second-order valence-electron chi connectivity index (χ2n) is 10.3. The van der Waals surface area contributed by atoms with E-state index < -0.39 is 51.7 Å². The van der Waals surface area contributed by atoms with Crippen molar-refractivity contribution < 1.29 is 32.3 Å². The lowest BCUT2D eigenvalue weighted by Gasteiger charge is -2.30. The minimum Gasteiger partial charge on any atom is -0.436 e. The van der Waals surface area contributed by atoms with Gasteiger partial charge in [-0.25, -0.2) is 9.52 Å². The van der Waals surface area contributed by atoms with Gasteiger partial charge in [0, 0.05) is 25.6 Å². The van der Waals surface area contributed by atoms with Crippen LogP contribution in [0.25, 0.3) is 0 Å². The van der Waals surface area contributed by atoms with Gasteiger partial charge in [-0.2, -0.15) is 12.7 Å². The smallest absolute Gasteiger partial charge is 0.405 e. The Morgan fingerprint density at radius 3 is 2.49 bits per heavy atom. The summed E-state index contributed by atoms with van der Waals surface area (Å²) in [6.07, 6.45) is 8.58. The molecule has 3 heterocycles. The van der Waals surface area contributed by atoms with Crippen LogP contribution in [0.15, 0.2) is 12.2 Å². The Labute approximate surface area is 217 Å². The summed E-state index contributed by atoms with van der Waals surface area (Å²) in [6, 6.07) is -0.856. The maximum atomic E-state index is 13.4. The molecule has 4 atom stereocenters. The minimum absolute atomic E-state index is 0.269. The van der Waals surface area contributed by atoms with Crippen molar-refractivity contribution in [3.05, 3.63) is 12.2 Å². The molecule has 4 aliphatic rings. The van der Waals surface area contributed by atoms with E-state index in [-0.39, 0.29) is 12.3 Å². The molecular weight excluding hydrogens is 502 g/mol. The molecule has 3 aliphatic heterocycles. The van der Waals surface area contributed by atoms with Crippen molar-refractivity contribution in [2.75, 3.05) is 19.6 Å². The predicted octanol–water partition coefficient (Wildman–Crippen LogP) is 0.683. The average molecular weight is 540 g/mol. The number of hydrogen-bond donors (Lipinski definition) is 3. The Hall–Kier alpha value is -2.67. The highest BCUT2D eigenvalue weighted by Crippen LogP contribution is 2.45. The largest absolute Gasteiger partial charge is 0.436 e. The average Bonchev–Trinajstić information content (AvgIpc) is 3.32. The second kappa shape index (κ2) is 11.4. The van der Waals surface area contributed by atoms with Gasteiger partial charge in [0.2, 0.25) is 5.91 Å². The third kappa shape index (κ3) is 6.25. The first-order valence-electron chi connectivity index (χ1n) is 13.2. The van der Waals surface area contributed by atoms with E-state index >= 15 is 0 Å². The first-order valence-corrected chi connectivity index (χ1v) is 14.7. The van der Waals surface area contributed by atoms with Crippen molar-refractivity contribution in [1.82, 2.24) is 19.2 Å². The van der Waals surface area contributed by atoms with Crippen LogP contribution in [0.3, 0.4) is 0 Å². The van der Waals surface area contributed by atoms with Crippen LogP contribution in [0.2, 0.25) is 0 Å². The lowest BCUT2D eigenvalue weighted by Crippen LogP contribution is -2.58. The normalized spacial score (nSPS) is 32.6. The first-order chi connectivity index (χ1) is 17.6. The van der Waals surface area contributed by atoms with Crippen molar-refractivity contribution in [3.8, 4) is 0 Å². The molecule has 1 saturated carbocycles. The van der Waals surface area contributed by atoms with Crippen LogP contribution in [0, 0.1) is 5.92 Å². The van der Waals surface area contributed by atoms with Gasteiger partial charge in [-0.05, 0) is 57.8 Å². The monoisotopic (exact) mass is 539 g/mol. The molecule has 4 rings (SSSR count). The van der Waals surface area contributed by atoms with E-state index in [1.807, 2.05) is 12.2 Å². The number of fused-ring (bicyclic) bond motifs is 2. The van der Waals surface area contributed by atoms with Gasteiger partial charge in [-0.15, -0.1) is 0 Å². The Kier molecular flexibility index (Phi) is 8.42. The maximum Gasteiger partial charge on any atom is 0.405 e. The van der Waals surface area contributed by atoms with E-state index in [9.17, 15) is 27.6 Å². The van der Waals surface area contributed by atoms with Gasteiger partial charge in [0.15, 0.2) is 6.10 Å².